The molecule has 6 rings (SSSR count). The van der Waals surface area contributed by atoms with E-state index in [0.717, 1.165) is 61.4 Å². The first kappa shape index (κ1) is 26.2. The Morgan fingerprint density at radius 3 is 2.62 bits per heavy atom. The van der Waals surface area contributed by atoms with Gasteiger partial charge in [0, 0.05) is 72.3 Å². The first-order chi connectivity index (χ1) is 19.6. The second kappa shape index (κ2) is 11.6. The van der Waals surface area contributed by atoms with Crippen LogP contribution >= 0.6 is 11.6 Å². The van der Waals surface area contributed by atoms with Crippen LogP contribution < -0.4 is 9.64 Å². The number of benzene rings is 2. The Labute approximate surface area is 239 Å². The van der Waals surface area contributed by atoms with Crippen LogP contribution in [0.2, 0.25) is 5.02 Å². The van der Waals surface area contributed by atoms with Crippen LogP contribution in [0.1, 0.15) is 36.3 Å². The van der Waals surface area contributed by atoms with Gasteiger partial charge in [0.1, 0.15) is 17.6 Å². The van der Waals surface area contributed by atoms with Gasteiger partial charge in [-0.3, -0.25) is 4.79 Å². The number of fused-ring (bicyclic) bond motifs is 1. The van der Waals surface area contributed by atoms with E-state index in [1.165, 1.54) is 5.56 Å². The Kier molecular flexibility index (Phi) is 7.61. The van der Waals surface area contributed by atoms with Crippen molar-refractivity contribution in [3.05, 3.63) is 89.2 Å². The first-order valence-electron chi connectivity index (χ1n) is 13.9. The number of nitrogens with zero attached hydrogens (tertiary/aromatic N) is 4. The molecule has 1 N–H and O–H groups in total. The summed E-state index contributed by atoms with van der Waals surface area (Å²) in [5.41, 5.74) is 2.84. The highest BCUT2D eigenvalue weighted by molar-refractivity contribution is 6.30. The van der Waals surface area contributed by atoms with Crippen LogP contribution in [0.3, 0.4) is 0 Å². The zero-order valence-corrected chi connectivity index (χ0v) is 23.1. The van der Waals surface area contributed by atoms with Crippen molar-refractivity contribution < 1.29 is 9.53 Å². The van der Waals surface area contributed by atoms with Gasteiger partial charge in [0.15, 0.2) is 0 Å². The maximum absolute atomic E-state index is 13.7. The quantitative estimate of drug-likeness (QED) is 0.316. The minimum Gasteiger partial charge on any atom is -0.493 e. The van der Waals surface area contributed by atoms with Crippen LogP contribution in [0, 0.1) is 23.2 Å². The summed E-state index contributed by atoms with van der Waals surface area (Å²) < 4.78 is 6.31. The summed E-state index contributed by atoms with van der Waals surface area (Å²) in [5, 5.41) is 10.9. The van der Waals surface area contributed by atoms with Crippen LogP contribution in [0.4, 0.5) is 5.82 Å². The molecule has 1 amide bonds. The molecule has 2 atom stereocenters. The number of carbonyl (C=O) groups excluding carboxylic acids is 1. The molecule has 2 saturated heterocycles. The van der Waals surface area contributed by atoms with Crippen molar-refractivity contribution in [2.24, 2.45) is 11.8 Å². The molecular weight excluding hydrogens is 522 g/mol. The van der Waals surface area contributed by atoms with Gasteiger partial charge in [-0.05, 0) is 73.4 Å². The Morgan fingerprint density at radius 2 is 1.88 bits per heavy atom. The highest BCUT2D eigenvalue weighted by atomic mass is 35.5. The standard InChI is InChI=1S/C32H32ClN5O2/c33-27-4-2-23(3-5-27)29-20-38(16-12-26(29)21-40-28-6-7-30-25(17-28)9-13-35-30)32(39)24-10-14-37(15-11-24)31-8-1-22(18-34)19-36-31/h1-9,13,17,19,24,26,29,35H,10-12,14-16,20-21H2/t26?,29-/m1/s1. The zero-order chi connectivity index (χ0) is 27.5. The van der Waals surface area contributed by atoms with Gasteiger partial charge in [0.2, 0.25) is 5.91 Å². The lowest BCUT2D eigenvalue weighted by molar-refractivity contribution is -0.138. The molecule has 2 aromatic heterocycles. The third kappa shape index (κ3) is 5.64. The summed E-state index contributed by atoms with van der Waals surface area (Å²) in [7, 11) is 0. The number of hydrogen-bond donors (Lipinski definition) is 1. The molecule has 0 radical (unpaired) electrons. The van der Waals surface area contributed by atoms with E-state index in [2.05, 4.69) is 44.0 Å². The van der Waals surface area contributed by atoms with Crippen molar-refractivity contribution in [3.8, 4) is 11.8 Å². The Bertz CT molecular complexity index is 1500. The van der Waals surface area contributed by atoms with Crippen molar-refractivity contribution in [2.75, 3.05) is 37.7 Å². The monoisotopic (exact) mass is 553 g/mol. The fourth-order valence-corrected chi connectivity index (χ4v) is 6.19. The first-order valence-corrected chi connectivity index (χ1v) is 14.3. The molecule has 4 aromatic rings. The van der Waals surface area contributed by atoms with E-state index >= 15 is 0 Å². The summed E-state index contributed by atoms with van der Waals surface area (Å²) in [4.78, 5) is 25.6. The van der Waals surface area contributed by atoms with E-state index in [4.69, 9.17) is 21.6 Å². The number of amides is 1. The smallest absolute Gasteiger partial charge is 0.225 e. The summed E-state index contributed by atoms with van der Waals surface area (Å²) in [6, 6.07) is 22.0. The lowest BCUT2D eigenvalue weighted by atomic mass is 9.80. The molecule has 4 heterocycles. The highest BCUT2D eigenvalue weighted by Gasteiger charge is 2.36. The van der Waals surface area contributed by atoms with Crippen LogP contribution in [0.15, 0.2) is 73.1 Å². The lowest BCUT2D eigenvalue weighted by Crippen LogP contribution is -2.48. The third-order valence-corrected chi connectivity index (χ3v) is 8.65. The second-order valence-corrected chi connectivity index (χ2v) is 11.2. The summed E-state index contributed by atoms with van der Waals surface area (Å²) in [5.74, 6) is 2.46. The molecule has 7 nitrogen and oxygen atoms in total. The van der Waals surface area contributed by atoms with Crippen LogP contribution in [-0.2, 0) is 4.79 Å². The number of nitrogens with one attached hydrogen (secondary N) is 1. The van der Waals surface area contributed by atoms with E-state index in [1.807, 2.05) is 42.6 Å². The molecule has 2 aliphatic heterocycles. The summed E-state index contributed by atoms with van der Waals surface area (Å²) >= 11 is 6.20. The average molecular weight is 554 g/mol. The van der Waals surface area contributed by atoms with E-state index in [-0.39, 0.29) is 23.7 Å². The predicted molar refractivity (Wildman–Crippen MR) is 157 cm³/mol. The Hall–Kier alpha value is -4.02. The number of ether oxygens (including phenoxy) is 1. The number of likely N-dealkylation sites (tertiary alicyclic amines) is 1. The van der Waals surface area contributed by atoms with Gasteiger partial charge in [-0.15, -0.1) is 0 Å². The molecule has 0 saturated carbocycles. The molecule has 2 aromatic carbocycles. The van der Waals surface area contributed by atoms with Gasteiger partial charge in [0.05, 0.1) is 12.2 Å². The van der Waals surface area contributed by atoms with Crippen molar-refractivity contribution in [2.45, 2.75) is 25.2 Å². The predicted octanol–water partition coefficient (Wildman–Crippen LogP) is 6.02. The normalized spacial score (nSPS) is 19.9. The summed E-state index contributed by atoms with van der Waals surface area (Å²) in [6.45, 7) is 3.59. The minimum atomic E-state index is 0.0152. The lowest BCUT2D eigenvalue weighted by Gasteiger charge is -2.41. The van der Waals surface area contributed by atoms with Gasteiger partial charge in [0.25, 0.3) is 0 Å². The van der Waals surface area contributed by atoms with Crippen LogP contribution in [-0.4, -0.2) is 53.6 Å². The number of H-pyrrole nitrogens is 1. The van der Waals surface area contributed by atoms with E-state index in [0.29, 0.717) is 23.7 Å². The molecule has 1 unspecified atom stereocenters. The maximum Gasteiger partial charge on any atom is 0.225 e. The molecule has 0 bridgehead atoms. The number of carbonyl (C=O) groups is 1. The number of halogens is 1. The fourth-order valence-electron chi connectivity index (χ4n) is 6.07. The van der Waals surface area contributed by atoms with Crippen LogP contribution in [0.5, 0.6) is 5.75 Å². The van der Waals surface area contributed by atoms with E-state index in [9.17, 15) is 4.79 Å². The molecule has 8 heteroatoms. The molecule has 0 aliphatic carbocycles. The highest BCUT2D eigenvalue weighted by Crippen LogP contribution is 2.35. The molecule has 0 spiro atoms. The van der Waals surface area contributed by atoms with Gasteiger partial charge in [-0.25, -0.2) is 4.98 Å². The van der Waals surface area contributed by atoms with Crippen LogP contribution in [0.25, 0.3) is 10.9 Å². The van der Waals surface area contributed by atoms with Gasteiger partial charge in [-0.2, -0.15) is 5.26 Å². The number of rotatable bonds is 6. The third-order valence-electron chi connectivity index (χ3n) is 8.40. The molecule has 204 valence electrons. The number of aromatic nitrogens is 2. The van der Waals surface area contributed by atoms with Gasteiger partial charge >= 0.3 is 0 Å². The number of aromatic amines is 1. The number of piperidine rings is 2. The van der Waals surface area contributed by atoms with Crippen molar-refractivity contribution in [1.29, 1.82) is 5.26 Å². The van der Waals surface area contributed by atoms with Crippen molar-refractivity contribution >= 4 is 34.2 Å². The maximum atomic E-state index is 13.7. The zero-order valence-electron chi connectivity index (χ0n) is 22.3. The van der Waals surface area contributed by atoms with E-state index in [1.54, 1.807) is 12.3 Å². The fraction of sp³-hybridized carbons (Fsp3) is 0.344. The molecule has 40 heavy (non-hydrogen) atoms. The van der Waals surface area contributed by atoms with Crippen molar-refractivity contribution in [1.82, 2.24) is 14.9 Å². The average Bonchev–Trinajstić information content (AvgIpc) is 3.48. The minimum absolute atomic E-state index is 0.0152. The molecule has 2 fully saturated rings. The largest absolute Gasteiger partial charge is 0.493 e. The number of pyridine rings is 1. The molecular formula is C32H32ClN5O2. The van der Waals surface area contributed by atoms with Gasteiger partial charge in [-0.1, -0.05) is 23.7 Å². The van der Waals surface area contributed by atoms with E-state index < -0.39 is 0 Å². The SMILES string of the molecule is N#Cc1ccc(N2CCC(C(=O)N3CCC(COc4ccc5[nH]ccc5c4)[C@@H](c4ccc(Cl)cc4)C3)CC2)nc1. The number of hydrogen-bond acceptors (Lipinski definition) is 5. The second-order valence-electron chi connectivity index (χ2n) is 10.8. The Balaban J connectivity index is 1.11. The summed E-state index contributed by atoms with van der Waals surface area (Å²) in [6.07, 6.45) is 6.04. The number of nitriles is 1. The molecule has 2 aliphatic rings. The topological polar surface area (TPSA) is 85.3 Å². The van der Waals surface area contributed by atoms with Gasteiger partial charge < -0.3 is 19.5 Å². The number of anilines is 1. The van der Waals surface area contributed by atoms with Crippen molar-refractivity contribution in [3.63, 3.8) is 0 Å². The Morgan fingerprint density at radius 1 is 1.05 bits per heavy atom.